The quantitative estimate of drug-likeness (QED) is 0.905. The molecule has 0 saturated heterocycles. The number of nitrogen functional groups attached to an aromatic ring is 1. The molecule has 0 spiro atoms. The molecule has 5 nitrogen and oxygen atoms in total. The Kier molecular flexibility index (Phi) is 3.82. The van der Waals surface area contributed by atoms with E-state index in [2.05, 4.69) is 43.1 Å². The summed E-state index contributed by atoms with van der Waals surface area (Å²) in [5, 5.41) is 4.38. The van der Waals surface area contributed by atoms with Crippen molar-refractivity contribution < 1.29 is 0 Å². The largest absolute Gasteiger partial charge is 0.383 e. The lowest BCUT2D eigenvalue weighted by Crippen LogP contribution is -2.09. The van der Waals surface area contributed by atoms with E-state index in [0.717, 1.165) is 10.7 Å². The topological polar surface area (TPSA) is 76.7 Å². The Labute approximate surface area is 118 Å². The Morgan fingerprint density at radius 3 is 2.72 bits per heavy atom. The summed E-state index contributed by atoms with van der Waals surface area (Å²) in [5.41, 5.74) is 6.77. The number of hydrogen-bond acceptors (Lipinski definition) is 6. The monoisotopic (exact) mass is 327 g/mol. The molecule has 0 saturated carbocycles. The van der Waals surface area contributed by atoms with E-state index in [4.69, 9.17) is 5.73 Å². The number of rotatable bonds is 3. The second kappa shape index (κ2) is 5.19. The van der Waals surface area contributed by atoms with Gasteiger partial charge in [0.25, 0.3) is 0 Å². The minimum atomic E-state index is 0.127. The highest BCUT2D eigenvalue weighted by molar-refractivity contribution is 9.10. The summed E-state index contributed by atoms with van der Waals surface area (Å²) in [6.45, 7) is 6.09. The van der Waals surface area contributed by atoms with Gasteiger partial charge in [0.1, 0.15) is 22.4 Å². The maximum absolute atomic E-state index is 5.72. The fourth-order valence-electron chi connectivity index (χ4n) is 1.70. The van der Waals surface area contributed by atoms with E-state index in [1.165, 1.54) is 11.2 Å². The van der Waals surface area contributed by atoms with Crippen LogP contribution in [0.1, 0.15) is 28.5 Å². The van der Waals surface area contributed by atoms with Gasteiger partial charge in [0.2, 0.25) is 0 Å². The van der Waals surface area contributed by atoms with Crippen LogP contribution in [0.3, 0.4) is 0 Å². The number of anilines is 2. The van der Waals surface area contributed by atoms with Gasteiger partial charge in [0.05, 0.1) is 16.7 Å². The van der Waals surface area contributed by atoms with Gasteiger partial charge in [-0.05, 0) is 36.7 Å². The van der Waals surface area contributed by atoms with Crippen LogP contribution in [0.5, 0.6) is 0 Å². The second-order valence-corrected chi connectivity index (χ2v) is 6.00. The zero-order valence-electron chi connectivity index (χ0n) is 10.4. The van der Waals surface area contributed by atoms with Crippen molar-refractivity contribution >= 4 is 38.9 Å². The van der Waals surface area contributed by atoms with Crippen LogP contribution in [0.15, 0.2) is 10.8 Å². The molecule has 0 radical (unpaired) electrons. The molecule has 7 heteroatoms. The van der Waals surface area contributed by atoms with Crippen LogP contribution in [0.2, 0.25) is 0 Å². The van der Waals surface area contributed by atoms with Crippen LogP contribution in [-0.4, -0.2) is 15.0 Å². The van der Waals surface area contributed by atoms with E-state index in [-0.39, 0.29) is 6.04 Å². The highest BCUT2D eigenvalue weighted by atomic mass is 79.9. The molecule has 2 rings (SSSR count). The van der Waals surface area contributed by atoms with Crippen LogP contribution >= 0.6 is 27.3 Å². The van der Waals surface area contributed by atoms with Crippen molar-refractivity contribution in [2.75, 3.05) is 11.1 Å². The summed E-state index contributed by atoms with van der Waals surface area (Å²) in [4.78, 5) is 13.7. The van der Waals surface area contributed by atoms with Gasteiger partial charge in [-0.1, -0.05) is 0 Å². The third kappa shape index (κ3) is 2.62. The lowest BCUT2D eigenvalue weighted by atomic mass is 10.2. The van der Waals surface area contributed by atoms with Crippen LogP contribution in [0, 0.1) is 13.8 Å². The highest BCUT2D eigenvalue weighted by Crippen LogP contribution is 2.30. The van der Waals surface area contributed by atoms with E-state index in [1.54, 1.807) is 11.3 Å². The highest BCUT2D eigenvalue weighted by Gasteiger charge is 2.15. The van der Waals surface area contributed by atoms with E-state index >= 15 is 0 Å². The summed E-state index contributed by atoms with van der Waals surface area (Å²) in [5.74, 6) is 1.12. The maximum Gasteiger partial charge on any atom is 0.146 e. The third-order valence-corrected chi connectivity index (χ3v) is 4.54. The van der Waals surface area contributed by atoms with E-state index in [1.807, 2.05) is 13.8 Å². The van der Waals surface area contributed by atoms with Gasteiger partial charge in [-0.3, -0.25) is 0 Å². The lowest BCUT2D eigenvalue weighted by molar-refractivity contribution is 0.875. The molecule has 2 heterocycles. The Bertz CT molecular complexity index is 569. The SMILES string of the molecule is Cc1nc(C)c(C(C)Nc2ncnc(N)c2Br)s1. The molecule has 0 amide bonds. The average molecular weight is 328 g/mol. The van der Waals surface area contributed by atoms with Gasteiger partial charge >= 0.3 is 0 Å². The summed E-state index contributed by atoms with van der Waals surface area (Å²) < 4.78 is 0.691. The smallest absolute Gasteiger partial charge is 0.146 e. The number of aryl methyl sites for hydroxylation is 2. The molecular formula is C11H14BrN5S. The molecule has 2 aromatic rings. The molecule has 0 bridgehead atoms. The third-order valence-electron chi connectivity index (χ3n) is 2.50. The van der Waals surface area contributed by atoms with Gasteiger partial charge in [-0.2, -0.15) is 0 Å². The minimum absolute atomic E-state index is 0.127. The molecular weight excluding hydrogens is 314 g/mol. The van der Waals surface area contributed by atoms with Crippen molar-refractivity contribution in [3.8, 4) is 0 Å². The fraction of sp³-hybridized carbons (Fsp3) is 0.364. The number of nitrogens with one attached hydrogen (secondary N) is 1. The molecule has 1 unspecified atom stereocenters. The van der Waals surface area contributed by atoms with Gasteiger partial charge in [0, 0.05) is 4.88 Å². The molecule has 18 heavy (non-hydrogen) atoms. The summed E-state index contributed by atoms with van der Waals surface area (Å²) in [6, 6.07) is 0.127. The predicted octanol–water partition coefficient (Wildman–Crippen LogP) is 3.07. The van der Waals surface area contributed by atoms with Crippen molar-refractivity contribution in [1.82, 2.24) is 15.0 Å². The van der Waals surface area contributed by atoms with Crippen LogP contribution < -0.4 is 11.1 Å². The Balaban J connectivity index is 2.24. The van der Waals surface area contributed by atoms with Crippen LogP contribution in [-0.2, 0) is 0 Å². The number of nitrogens with zero attached hydrogens (tertiary/aromatic N) is 3. The molecule has 0 aliphatic carbocycles. The van der Waals surface area contributed by atoms with Crippen molar-refractivity contribution in [2.24, 2.45) is 0 Å². The first kappa shape index (κ1) is 13.2. The minimum Gasteiger partial charge on any atom is -0.383 e. The van der Waals surface area contributed by atoms with Gasteiger partial charge in [0.15, 0.2) is 0 Å². The number of hydrogen-bond donors (Lipinski definition) is 2. The maximum atomic E-state index is 5.72. The van der Waals surface area contributed by atoms with Gasteiger partial charge < -0.3 is 11.1 Å². The summed E-state index contributed by atoms with van der Waals surface area (Å²) >= 11 is 5.07. The molecule has 0 aromatic carbocycles. The van der Waals surface area contributed by atoms with Gasteiger partial charge in [-0.15, -0.1) is 11.3 Å². The first-order valence-electron chi connectivity index (χ1n) is 5.45. The molecule has 0 aliphatic heterocycles. The Morgan fingerprint density at radius 2 is 2.11 bits per heavy atom. The summed E-state index contributed by atoms with van der Waals surface area (Å²) in [7, 11) is 0. The molecule has 96 valence electrons. The van der Waals surface area contributed by atoms with Crippen LogP contribution in [0.4, 0.5) is 11.6 Å². The predicted molar refractivity (Wildman–Crippen MR) is 77.8 cm³/mol. The van der Waals surface area contributed by atoms with Crippen LogP contribution in [0.25, 0.3) is 0 Å². The lowest BCUT2D eigenvalue weighted by Gasteiger charge is -2.14. The molecule has 0 aliphatic rings. The standard InChI is InChI=1S/C11H14BrN5S/c1-5-9(18-7(3)16-5)6(2)17-11-8(12)10(13)14-4-15-11/h4,6H,1-3H3,(H3,13,14,15,17). The zero-order chi connectivity index (χ0) is 13.3. The first-order chi connectivity index (χ1) is 8.49. The van der Waals surface area contributed by atoms with E-state index in [9.17, 15) is 0 Å². The number of halogens is 1. The van der Waals surface area contributed by atoms with Crippen molar-refractivity contribution in [1.29, 1.82) is 0 Å². The second-order valence-electron chi connectivity index (χ2n) is 3.97. The Morgan fingerprint density at radius 1 is 1.39 bits per heavy atom. The number of aromatic nitrogens is 3. The van der Waals surface area contributed by atoms with Crippen molar-refractivity contribution in [3.05, 3.63) is 26.4 Å². The Hall–Kier alpha value is -1.21. The first-order valence-corrected chi connectivity index (χ1v) is 7.06. The van der Waals surface area contributed by atoms with E-state index in [0.29, 0.717) is 16.1 Å². The summed E-state index contributed by atoms with van der Waals surface area (Å²) in [6.07, 6.45) is 1.44. The molecule has 2 aromatic heterocycles. The normalized spacial score (nSPS) is 12.4. The van der Waals surface area contributed by atoms with Gasteiger partial charge in [-0.25, -0.2) is 15.0 Å². The molecule has 1 atom stereocenters. The van der Waals surface area contributed by atoms with E-state index < -0.39 is 0 Å². The fourth-order valence-corrected chi connectivity index (χ4v) is 2.95. The van der Waals surface area contributed by atoms with Crippen molar-refractivity contribution in [2.45, 2.75) is 26.8 Å². The zero-order valence-corrected chi connectivity index (χ0v) is 12.8. The molecule has 0 fully saturated rings. The number of thiazole rings is 1. The average Bonchev–Trinajstić information content (AvgIpc) is 2.64. The van der Waals surface area contributed by atoms with Crippen molar-refractivity contribution in [3.63, 3.8) is 0 Å². The number of nitrogens with two attached hydrogens (primary N) is 1. The molecule has 3 N–H and O–H groups in total.